The molecule has 0 aliphatic rings. The molecule has 0 aliphatic heterocycles. The summed E-state index contributed by atoms with van der Waals surface area (Å²) in [5.74, 6) is 0.00697. The molecule has 2 aromatic rings. The van der Waals surface area contributed by atoms with Gasteiger partial charge in [0.25, 0.3) is 10.0 Å². The number of benzene rings is 1. The Balaban J connectivity index is 2.29. The number of amides is 1. The molecule has 0 radical (unpaired) electrons. The van der Waals surface area contributed by atoms with Crippen LogP contribution in [0.3, 0.4) is 0 Å². The minimum atomic E-state index is -4.12. The van der Waals surface area contributed by atoms with Crippen molar-refractivity contribution in [3.63, 3.8) is 0 Å². The van der Waals surface area contributed by atoms with E-state index in [0.717, 1.165) is 34.6 Å². The van der Waals surface area contributed by atoms with E-state index in [0.29, 0.717) is 36.6 Å². The van der Waals surface area contributed by atoms with E-state index in [1.54, 1.807) is 6.92 Å². The quantitative estimate of drug-likeness (QED) is 0.302. The fraction of sp³-hybridized carbons (Fsp3) is 0.500. The Bertz CT molecular complexity index is 1060. The van der Waals surface area contributed by atoms with Crippen molar-refractivity contribution in [2.24, 2.45) is 5.92 Å². The second-order valence-electron chi connectivity index (χ2n) is 8.22. The average molecular weight is 511 g/mol. The molecule has 0 saturated heterocycles. The summed E-state index contributed by atoms with van der Waals surface area (Å²) in [6.45, 7) is 8.81. The van der Waals surface area contributed by atoms with Crippen LogP contribution in [0.1, 0.15) is 51.0 Å². The second-order valence-corrected chi connectivity index (χ2v) is 11.2. The van der Waals surface area contributed by atoms with Gasteiger partial charge in [-0.1, -0.05) is 45.4 Å². The molecule has 0 aliphatic carbocycles. The van der Waals surface area contributed by atoms with Gasteiger partial charge in [0, 0.05) is 17.0 Å². The predicted molar refractivity (Wildman–Crippen MR) is 133 cm³/mol. The highest BCUT2D eigenvalue weighted by atomic mass is 32.2. The van der Waals surface area contributed by atoms with Crippen molar-refractivity contribution < 1.29 is 27.5 Å². The summed E-state index contributed by atoms with van der Waals surface area (Å²) < 4.78 is 38.2. The number of carbonyl (C=O) groups is 2. The van der Waals surface area contributed by atoms with E-state index in [-0.39, 0.29) is 23.3 Å². The van der Waals surface area contributed by atoms with Gasteiger partial charge in [-0.15, -0.1) is 11.3 Å². The molecular formula is C24H34N2O6S2. The van der Waals surface area contributed by atoms with Crippen LogP contribution in [-0.2, 0) is 37.3 Å². The Morgan fingerprint density at radius 1 is 1.12 bits per heavy atom. The lowest BCUT2D eigenvalue weighted by molar-refractivity contribution is -0.142. The minimum absolute atomic E-state index is 0.0761. The molecule has 0 unspecified atom stereocenters. The summed E-state index contributed by atoms with van der Waals surface area (Å²) in [7, 11) is -4.12. The van der Waals surface area contributed by atoms with Crippen molar-refractivity contribution in [2.75, 3.05) is 19.8 Å². The van der Waals surface area contributed by atoms with Gasteiger partial charge in [-0.2, -0.15) is 0 Å². The van der Waals surface area contributed by atoms with Crippen molar-refractivity contribution in [1.82, 2.24) is 10.0 Å². The Morgan fingerprint density at radius 2 is 1.88 bits per heavy atom. The maximum atomic E-state index is 13.1. The molecule has 2 N–H and O–H groups in total. The van der Waals surface area contributed by atoms with Crippen LogP contribution in [0.25, 0.3) is 11.1 Å². The molecule has 8 nitrogen and oxygen atoms in total. The number of nitrogens with one attached hydrogen (secondary N) is 2. The van der Waals surface area contributed by atoms with Gasteiger partial charge in [0.1, 0.15) is 4.21 Å². The van der Waals surface area contributed by atoms with Crippen molar-refractivity contribution in [2.45, 2.75) is 57.7 Å². The van der Waals surface area contributed by atoms with Crippen LogP contribution in [0.5, 0.6) is 0 Å². The van der Waals surface area contributed by atoms with Crippen LogP contribution < -0.4 is 10.0 Å². The highest BCUT2D eigenvalue weighted by molar-refractivity contribution is 7.92. The summed E-state index contributed by atoms with van der Waals surface area (Å²) >= 11 is 1.16. The van der Waals surface area contributed by atoms with Crippen molar-refractivity contribution in [3.8, 4) is 11.1 Å². The molecule has 34 heavy (non-hydrogen) atoms. The molecule has 0 atom stereocenters. The number of hydrogen-bond donors (Lipinski definition) is 2. The molecule has 1 heterocycles. The molecule has 188 valence electrons. The standard InChI is InChI=1S/C24H34N2O6S2/c1-5-7-11-32-24(28)26-34(29,30)23-21(14-20(33-23)12-17(3)4)19-10-8-9-18(13-19)15-25-16-22(27)31-6-2/h8-10,13-14,17,25H,5-7,11-12,15-16H2,1-4H3,(H,26,28). The van der Waals surface area contributed by atoms with E-state index >= 15 is 0 Å². The normalized spacial score (nSPS) is 11.4. The summed E-state index contributed by atoms with van der Waals surface area (Å²) in [6.07, 6.45) is 1.23. The van der Waals surface area contributed by atoms with Crippen LogP contribution in [-0.4, -0.2) is 40.2 Å². The number of unbranched alkanes of at least 4 members (excludes halogenated alkanes) is 1. The molecule has 0 fully saturated rings. The summed E-state index contributed by atoms with van der Waals surface area (Å²) in [5.41, 5.74) is 2.12. The molecule has 0 saturated carbocycles. The predicted octanol–water partition coefficient (Wildman–Crippen LogP) is 4.48. The van der Waals surface area contributed by atoms with Crippen molar-refractivity contribution in [3.05, 3.63) is 40.8 Å². The molecule has 1 aromatic carbocycles. The van der Waals surface area contributed by atoms with Gasteiger partial charge in [0.15, 0.2) is 0 Å². The van der Waals surface area contributed by atoms with E-state index in [4.69, 9.17) is 9.47 Å². The molecule has 0 bridgehead atoms. The van der Waals surface area contributed by atoms with E-state index in [2.05, 4.69) is 19.2 Å². The molecule has 2 rings (SSSR count). The highest BCUT2D eigenvalue weighted by Gasteiger charge is 2.26. The van der Waals surface area contributed by atoms with Gasteiger partial charge < -0.3 is 14.8 Å². The first-order valence-corrected chi connectivity index (χ1v) is 13.7. The summed E-state index contributed by atoms with van der Waals surface area (Å²) in [6, 6.07) is 9.29. The fourth-order valence-electron chi connectivity index (χ4n) is 3.19. The first-order valence-electron chi connectivity index (χ1n) is 11.4. The topological polar surface area (TPSA) is 111 Å². The maximum Gasteiger partial charge on any atom is 0.421 e. The Kier molecular flexibility index (Phi) is 11.0. The average Bonchev–Trinajstić information content (AvgIpc) is 3.18. The molecular weight excluding hydrogens is 476 g/mol. The van der Waals surface area contributed by atoms with Crippen molar-refractivity contribution >= 4 is 33.4 Å². The van der Waals surface area contributed by atoms with Crippen molar-refractivity contribution in [1.29, 1.82) is 0 Å². The number of hydrogen-bond acceptors (Lipinski definition) is 8. The second kappa shape index (κ2) is 13.5. The Hall–Kier alpha value is -2.43. The molecule has 1 amide bonds. The third-order valence-corrected chi connectivity index (χ3v) is 7.70. The lowest BCUT2D eigenvalue weighted by atomic mass is 10.0. The number of ether oxygens (including phenoxy) is 2. The summed E-state index contributed by atoms with van der Waals surface area (Å²) in [5, 5.41) is 3.03. The van der Waals surface area contributed by atoms with Crippen LogP contribution in [0.2, 0.25) is 0 Å². The Morgan fingerprint density at radius 3 is 2.56 bits per heavy atom. The van der Waals surface area contributed by atoms with Gasteiger partial charge in [0.05, 0.1) is 19.8 Å². The smallest absolute Gasteiger partial charge is 0.421 e. The van der Waals surface area contributed by atoms with Gasteiger partial charge >= 0.3 is 12.1 Å². The van der Waals surface area contributed by atoms with E-state index in [9.17, 15) is 18.0 Å². The van der Waals surface area contributed by atoms with Gasteiger partial charge in [-0.05, 0) is 48.9 Å². The van der Waals surface area contributed by atoms with E-state index < -0.39 is 16.1 Å². The third kappa shape index (κ3) is 8.73. The third-order valence-electron chi connectivity index (χ3n) is 4.69. The largest absolute Gasteiger partial charge is 0.465 e. The van der Waals surface area contributed by atoms with Crippen LogP contribution in [0, 0.1) is 5.92 Å². The zero-order chi connectivity index (χ0) is 25.1. The first-order chi connectivity index (χ1) is 16.2. The molecule has 1 aromatic heterocycles. The lowest BCUT2D eigenvalue weighted by Crippen LogP contribution is -2.31. The van der Waals surface area contributed by atoms with Gasteiger partial charge in [0.2, 0.25) is 0 Å². The number of rotatable bonds is 13. The zero-order valence-corrected chi connectivity index (χ0v) is 21.8. The van der Waals surface area contributed by atoms with Crippen LogP contribution in [0.15, 0.2) is 34.5 Å². The maximum absolute atomic E-state index is 13.1. The van der Waals surface area contributed by atoms with Crippen LogP contribution in [0.4, 0.5) is 4.79 Å². The zero-order valence-electron chi connectivity index (χ0n) is 20.2. The first kappa shape index (κ1) is 27.8. The van der Waals surface area contributed by atoms with E-state index in [1.165, 1.54) is 0 Å². The highest BCUT2D eigenvalue weighted by Crippen LogP contribution is 2.36. The number of sulfonamides is 1. The summed E-state index contributed by atoms with van der Waals surface area (Å²) in [4.78, 5) is 24.5. The van der Waals surface area contributed by atoms with Gasteiger partial charge in [-0.25, -0.2) is 17.9 Å². The number of thiophene rings is 1. The monoisotopic (exact) mass is 510 g/mol. The van der Waals surface area contributed by atoms with Gasteiger partial charge in [-0.3, -0.25) is 4.79 Å². The number of carbonyl (C=O) groups excluding carboxylic acids is 2. The number of esters is 1. The Labute approximate surface area is 206 Å². The molecule has 10 heteroatoms. The lowest BCUT2D eigenvalue weighted by Gasteiger charge is -2.10. The van der Waals surface area contributed by atoms with Crippen LogP contribution >= 0.6 is 11.3 Å². The SMILES string of the molecule is CCCCOC(=O)NS(=O)(=O)c1sc(CC(C)C)cc1-c1cccc(CNCC(=O)OCC)c1. The fourth-order valence-corrected chi connectivity index (χ4v) is 6.03. The molecule has 0 spiro atoms. The minimum Gasteiger partial charge on any atom is -0.465 e. The van der Waals surface area contributed by atoms with E-state index in [1.807, 2.05) is 42.0 Å².